The minimum atomic E-state index is -0.912. The molecule has 92 valence electrons. The monoisotopic (exact) mass is 231 g/mol. The second-order valence-corrected chi connectivity index (χ2v) is 8.05. The van der Waals surface area contributed by atoms with Crippen molar-refractivity contribution in [3.8, 4) is 0 Å². The standard InChI is InChI=1S/C12H29NOSi/c1-12(2,3)11(14-15(4)5)9-7-6-8-10-13/h11,15H,6-10,13H2,1-5H3. The maximum Gasteiger partial charge on any atom is 0.171 e. The molecule has 0 spiro atoms. The summed E-state index contributed by atoms with van der Waals surface area (Å²) in [6.07, 6.45) is 5.26. The molecule has 0 fully saturated rings. The van der Waals surface area contributed by atoms with Crippen LogP contribution in [0, 0.1) is 5.41 Å². The Morgan fingerprint density at radius 2 is 1.73 bits per heavy atom. The zero-order valence-electron chi connectivity index (χ0n) is 11.2. The van der Waals surface area contributed by atoms with Gasteiger partial charge in [0.25, 0.3) is 0 Å². The van der Waals surface area contributed by atoms with E-state index >= 15 is 0 Å². The molecule has 1 atom stereocenters. The van der Waals surface area contributed by atoms with Crippen LogP contribution in [0.4, 0.5) is 0 Å². The summed E-state index contributed by atoms with van der Waals surface area (Å²) in [6.45, 7) is 12.1. The van der Waals surface area contributed by atoms with Gasteiger partial charge in [0.15, 0.2) is 9.04 Å². The molecular weight excluding hydrogens is 202 g/mol. The summed E-state index contributed by atoms with van der Waals surface area (Å²) in [5, 5.41) is 0. The minimum absolute atomic E-state index is 0.278. The fourth-order valence-corrected chi connectivity index (χ4v) is 2.89. The molecule has 15 heavy (non-hydrogen) atoms. The number of hydrogen-bond acceptors (Lipinski definition) is 2. The van der Waals surface area contributed by atoms with Crippen molar-refractivity contribution in [2.75, 3.05) is 6.54 Å². The van der Waals surface area contributed by atoms with Crippen LogP contribution < -0.4 is 5.73 Å². The molecule has 3 heteroatoms. The van der Waals surface area contributed by atoms with E-state index in [1.165, 1.54) is 19.3 Å². The summed E-state index contributed by atoms with van der Waals surface area (Å²) in [6, 6.07) is 0. The maximum atomic E-state index is 6.10. The van der Waals surface area contributed by atoms with Crippen molar-refractivity contribution in [3.63, 3.8) is 0 Å². The Bertz CT molecular complexity index is 154. The van der Waals surface area contributed by atoms with Crippen LogP contribution in [0.15, 0.2) is 0 Å². The third-order valence-corrected chi connectivity index (χ3v) is 3.45. The molecule has 0 aromatic heterocycles. The third-order valence-electron chi connectivity index (χ3n) is 2.57. The highest BCUT2D eigenvalue weighted by atomic mass is 28.3. The van der Waals surface area contributed by atoms with Crippen LogP contribution in [-0.4, -0.2) is 21.7 Å². The summed E-state index contributed by atoms with van der Waals surface area (Å²) in [5.41, 5.74) is 5.77. The Hall–Kier alpha value is 0.137. The predicted molar refractivity (Wildman–Crippen MR) is 70.7 cm³/mol. The van der Waals surface area contributed by atoms with Gasteiger partial charge in [0, 0.05) is 6.10 Å². The van der Waals surface area contributed by atoms with Crippen LogP contribution in [0.25, 0.3) is 0 Å². The van der Waals surface area contributed by atoms with Gasteiger partial charge in [0.05, 0.1) is 0 Å². The molecule has 0 radical (unpaired) electrons. The van der Waals surface area contributed by atoms with Crippen LogP contribution in [0.3, 0.4) is 0 Å². The van der Waals surface area contributed by atoms with Gasteiger partial charge in [-0.25, -0.2) is 0 Å². The molecule has 0 aliphatic rings. The fraction of sp³-hybridized carbons (Fsp3) is 1.00. The lowest BCUT2D eigenvalue weighted by Gasteiger charge is -2.32. The molecule has 0 bridgehead atoms. The first-order chi connectivity index (χ1) is 6.88. The Kier molecular flexibility index (Phi) is 7.48. The van der Waals surface area contributed by atoms with E-state index in [4.69, 9.17) is 10.2 Å². The van der Waals surface area contributed by atoms with Gasteiger partial charge in [-0.15, -0.1) is 0 Å². The zero-order valence-corrected chi connectivity index (χ0v) is 12.3. The summed E-state index contributed by atoms with van der Waals surface area (Å²) in [7, 11) is -0.912. The van der Waals surface area contributed by atoms with Gasteiger partial charge in [-0.05, 0) is 37.9 Å². The fourth-order valence-electron chi connectivity index (χ4n) is 1.68. The van der Waals surface area contributed by atoms with E-state index < -0.39 is 9.04 Å². The van der Waals surface area contributed by atoms with E-state index in [-0.39, 0.29) is 5.41 Å². The quantitative estimate of drug-likeness (QED) is 0.540. The predicted octanol–water partition coefficient (Wildman–Crippen LogP) is 2.92. The van der Waals surface area contributed by atoms with Crippen LogP contribution >= 0.6 is 0 Å². The maximum absolute atomic E-state index is 6.10. The molecule has 0 heterocycles. The van der Waals surface area contributed by atoms with Crippen molar-refractivity contribution in [2.45, 2.75) is 65.7 Å². The lowest BCUT2D eigenvalue weighted by molar-refractivity contribution is 0.0760. The molecule has 0 aliphatic carbocycles. The number of unbranched alkanes of at least 4 members (excludes halogenated alkanes) is 2. The van der Waals surface area contributed by atoms with Crippen molar-refractivity contribution in [1.29, 1.82) is 0 Å². The average Bonchev–Trinajstić information content (AvgIpc) is 2.08. The lowest BCUT2D eigenvalue weighted by atomic mass is 9.86. The highest BCUT2D eigenvalue weighted by Gasteiger charge is 2.25. The Balaban J connectivity index is 3.92. The van der Waals surface area contributed by atoms with Gasteiger partial charge in [0.2, 0.25) is 0 Å². The van der Waals surface area contributed by atoms with Gasteiger partial charge in [-0.2, -0.15) is 0 Å². The van der Waals surface area contributed by atoms with E-state index in [2.05, 4.69) is 33.9 Å². The molecule has 2 N–H and O–H groups in total. The highest BCUT2D eigenvalue weighted by molar-refractivity contribution is 6.48. The Morgan fingerprint density at radius 1 is 1.13 bits per heavy atom. The van der Waals surface area contributed by atoms with E-state index in [0.29, 0.717) is 6.10 Å². The molecule has 0 aromatic rings. The van der Waals surface area contributed by atoms with Gasteiger partial charge >= 0.3 is 0 Å². The first-order valence-electron chi connectivity index (χ1n) is 6.23. The topological polar surface area (TPSA) is 35.2 Å². The summed E-state index contributed by atoms with van der Waals surface area (Å²) in [4.78, 5) is 0. The summed E-state index contributed by atoms with van der Waals surface area (Å²) in [5.74, 6) is 0. The van der Waals surface area contributed by atoms with Crippen molar-refractivity contribution in [3.05, 3.63) is 0 Å². The summed E-state index contributed by atoms with van der Waals surface area (Å²) >= 11 is 0. The normalized spacial score (nSPS) is 14.6. The van der Waals surface area contributed by atoms with Crippen molar-refractivity contribution in [1.82, 2.24) is 0 Å². The Morgan fingerprint density at radius 3 is 2.13 bits per heavy atom. The number of rotatable bonds is 7. The van der Waals surface area contributed by atoms with Crippen LogP contribution in [0.1, 0.15) is 46.5 Å². The minimum Gasteiger partial charge on any atom is -0.417 e. The molecule has 1 unspecified atom stereocenters. The molecule has 0 aliphatic heterocycles. The molecule has 0 saturated carbocycles. The first kappa shape index (κ1) is 15.1. The van der Waals surface area contributed by atoms with Crippen LogP contribution in [-0.2, 0) is 4.43 Å². The third kappa shape index (κ3) is 8.00. The zero-order chi connectivity index (χ0) is 11.9. The number of nitrogens with two attached hydrogens (primary N) is 1. The lowest BCUT2D eigenvalue weighted by Crippen LogP contribution is -2.33. The van der Waals surface area contributed by atoms with E-state index in [1.807, 2.05) is 0 Å². The molecule has 0 saturated heterocycles. The average molecular weight is 231 g/mol. The van der Waals surface area contributed by atoms with Gasteiger partial charge < -0.3 is 10.2 Å². The SMILES string of the molecule is C[SiH](C)OC(CCCCCN)C(C)(C)C. The Labute approximate surface area is 97.3 Å². The number of hydrogen-bond donors (Lipinski definition) is 1. The molecule has 2 nitrogen and oxygen atoms in total. The van der Waals surface area contributed by atoms with Crippen LogP contribution in [0.2, 0.25) is 13.1 Å². The smallest absolute Gasteiger partial charge is 0.171 e. The second-order valence-electron chi connectivity index (χ2n) is 5.68. The van der Waals surface area contributed by atoms with E-state index in [0.717, 1.165) is 13.0 Å². The van der Waals surface area contributed by atoms with Crippen molar-refractivity contribution >= 4 is 9.04 Å². The molecule has 0 aromatic carbocycles. The second kappa shape index (κ2) is 7.42. The molecule has 0 amide bonds. The van der Waals surface area contributed by atoms with Crippen molar-refractivity contribution < 1.29 is 4.43 Å². The first-order valence-corrected chi connectivity index (χ1v) is 9.01. The van der Waals surface area contributed by atoms with Crippen molar-refractivity contribution in [2.24, 2.45) is 11.1 Å². The van der Waals surface area contributed by atoms with Gasteiger partial charge in [0.1, 0.15) is 0 Å². The van der Waals surface area contributed by atoms with E-state index in [9.17, 15) is 0 Å². The molecular formula is C12H29NOSi. The van der Waals surface area contributed by atoms with E-state index in [1.54, 1.807) is 0 Å². The summed E-state index contributed by atoms with van der Waals surface area (Å²) < 4.78 is 6.10. The molecule has 0 rings (SSSR count). The van der Waals surface area contributed by atoms with Gasteiger partial charge in [-0.1, -0.05) is 33.6 Å². The largest absolute Gasteiger partial charge is 0.417 e. The van der Waals surface area contributed by atoms with Gasteiger partial charge in [-0.3, -0.25) is 0 Å². The highest BCUT2D eigenvalue weighted by Crippen LogP contribution is 2.27. The van der Waals surface area contributed by atoms with Crippen LogP contribution in [0.5, 0.6) is 0 Å².